The average molecular weight is 282 g/mol. The molecule has 2 rings (SSSR count). The lowest BCUT2D eigenvalue weighted by molar-refractivity contribution is 0.316. The molecule has 0 radical (unpaired) electrons. The van der Waals surface area contributed by atoms with E-state index in [1.54, 1.807) is 18.2 Å². The highest BCUT2D eigenvalue weighted by atomic mass is 32.2. The average Bonchev–Trinajstić information content (AvgIpc) is 2.39. The molecule has 1 aliphatic rings. The Hall–Kier alpha value is -0.910. The number of nitrogens with one attached hydrogen (secondary N) is 2. The molecule has 1 saturated heterocycles. The molecule has 1 aliphatic heterocycles. The van der Waals surface area contributed by atoms with Crippen LogP contribution in [0.1, 0.15) is 25.3 Å². The SMILES string of the molecule is Cc1cccc(S(=O)(=O)NC(C)C2CCNCC2)c1. The van der Waals surface area contributed by atoms with Gasteiger partial charge >= 0.3 is 0 Å². The van der Waals surface area contributed by atoms with Crippen LogP contribution in [0, 0.1) is 12.8 Å². The molecule has 5 heteroatoms. The van der Waals surface area contributed by atoms with E-state index in [-0.39, 0.29) is 6.04 Å². The van der Waals surface area contributed by atoms with Crippen molar-refractivity contribution in [2.24, 2.45) is 5.92 Å². The lowest BCUT2D eigenvalue weighted by Crippen LogP contribution is -2.42. The Morgan fingerprint density at radius 2 is 2.00 bits per heavy atom. The summed E-state index contributed by atoms with van der Waals surface area (Å²) in [6.07, 6.45) is 2.05. The Labute approximate surface area is 115 Å². The molecule has 106 valence electrons. The quantitative estimate of drug-likeness (QED) is 0.883. The highest BCUT2D eigenvalue weighted by Crippen LogP contribution is 2.19. The summed E-state index contributed by atoms with van der Waals surface area (Å²) in [5, 5.41) is 3.29. The fourth-order valence-electron chi connectivity index (χ4n) is 2.54. The van der Waals surface area contributed by atoms with Crippen molar-refractivity contribution < 1.29 is 8.42 Å². The van der Waals surface area contributed by atoms with Crippen molar-refractivity contribution >= 4 is 10.0 Å². The largest absolute Gasteiger partial charge is 0.317 e. The van der Waals surface area contributed by atoms with Gasteiger partial charge < -0.3 is 5.32 Å². The Balaban J connectivity index is 2.08. The van der Waals surface area contributed by atoms with Crippen LogP contribution in [-0.2, 0) is 10.0 Å². The van der Waals surface area contributed by atoms with Crippen molar-refractivity contribution in [1.82, 2.24) is 10.0 Å². The first-order valence-corrected chi connectivity index (χ1v) is 8.27. The molecule has 4 nitrogen and oxygen atoms in total. The molecule has 1 heterocycles. The van der Waals surface area contributed by atoms with Crippen LogP contribution in [0.25, 0.3) is 0 Å². The summed E-state index contributed by atoms with van der Waals surface area (Å²) in [7, 11) is -3.40. The summed E-state index contributed by atoms with van der Waals surface area (Å²) in [6.45, 7) is 5.81. The van der Waals surface area contributed by atoms with Crippen molar-refractivity contribution in [3.05, 3.63) is 29.8 Å². The highest BCUT2D eigenvalue weighted by Gasteiger charge is 2.24. The van der Waals surface area contributed by atoms with E-state index < -0.39 is 10.0 Å². The van der Waals surface area contributed by atoms with E-state index in [0.29, 0.717) is 10.8 Å². The third kappa shape index (κ3) is 3.78. The van der Waals surface area contributed by atoms with Gasteiger partial charge in [-0.05, 0) is 63.4 Å². The standard InChI is InChI=1S/C14H22N2O2S/c1-11-4-3-5-14(10-11)19(17,18)16-12(2)13-6-8-15-9-7-13/h3-5,10,12-13,15-16H,6-9H2,1-2H3. The van der Waals surface area contributed by atoms with Crippen molar-refractivity contribution in [3.63, 3.8) is 0 Å². The van der Waals surface area contributed by atoms with Gasteiger partial charge in [0.1, 0.15) is 0 Å². The van der Waals surface area contributed by atoms with Crippen molar-refractivity contribution in [1.29, 1.82) is 0 Å². The summed E-state index contributed by atoms with van der Waals surface area (Å²) in [5.41, 5.74) is 0.956. The zero-order chi connectivity index (χ0) is 13.9. The van der Waals surface area contributed by atoms with Gasteiger partial charge in [0.25, 0.3) is 0 Å². The smallest absolute Gasteiger partial charge is 0.240 e. The zero-order valence-corrected chi connectivity index (χ0v) is 12.3. The van der Waals surface area contributed by atoms with Gasteiger partial charge in [-0.1, -0.05) is 12.1 Å². The predicted molar refractivity (Wildman–Crippen MR) is 76.6 cm³/mol. The van der Waals surface area contributed by atoms with Gasteiger partial charge in [0.15, 0.2) is 0 Å². The lowest BCUT2D eigenvalue weighted by atomic mass is 9.92. The summed E-state index contributed by atoms with van der Waals surface area (Å²) in [4.78, 5) is 0.355. The first-order chi connectivity index (χ1) is 8.99. The number of piperidine rings is 1. The fraction of sp³-hybridized carbons (Fsp3) is 0.571. The molecule has 1 fully saturated rings. The van der Waals surface area contributed by atoms with E-state index in [1.807, 2.05) is 19.9 Å². The molecule has 2 N–H and O–H groups in total. The molecule has 0 spiro atoms. The number of sulfonamides is 1. The molecule has 0 bridgehead atoms. The third-order valence-corrected chi connectivity index (χ3v) is 5.29. The van der Waals surface area contributed by atoms with Crippen LogP contribution < -0.4 is 10.0 Å². The maximum absolute atomic E-state index is 12.3. The van der Waals surface area contributed by atoms with Crippen LogP contribution in [0.3, 0.4) is 0 Å². The normalized spacial score (nSPS) is 19.3. The molecule has 0 saturated carbocycles. The van der Waals surface area contributed by atoms with Crippen LogP contribution in [-0.4, -0.2) is 27.5 Å². The Morgan fingerprint density at radius 1 is 1.32 bits per heavy atom. The first kappa shape index (κ1) is 14.5. The summed E-state index contributed by atoms with van der Waals surface area (Å²) in [5.74, 6) is 0.417. The minimum Gasteiger partial charge on any atom is -0.317 e. The molecule has 0 aliphatic carbocycles. The number of aryl methyl sites for hydroxylation is 1. The number of hydrogen-bond acceptors (Lipinski definition) is 3. The van der Waals surface area contributed by atoms with E-state index in [9.17, 15) is 8.42 Å². The molecule has 1 unspecified atom stereocenters. The second kappa shape index (κ2) is 6.03. The fourth-order valence-corrected chi connectivity index (χ4v) is 3.95. The van der Waals surface area contributed by atoms with Crippen LogP contribution in [0.2, 0.25) is 0 Å². The van der Waals surface area contributed by atoms with Crippen LogP contribution in [0.5, 0.6) is 0 Å². The van der Waals surface area contributed by atoms with Gasteiger partial charge in [-0.15, -0.1) is 0 Å². The number of rotatable bonds is 4. The van der Waals surface area contributed by atoms with Gasteiger partial charge in [0.05, 0.1) is 4.90 Å². The van der Waals surface area contributed by atoms with E-state index in [4.69, 9.17) is 0 Å². The number of benzene rings is 1. The second-order valence-electron chi connectivity index (χ2n) is 5.31. The summed E-state index contributed by atoms with van der Waals surface area (Å²) < 4.78 is 27.4. The molecule has 19 heavy (non-hydrogen) atoms. The van der Waals surface area contributed by atoms with Gasteiger partial charge in [0, 0.05) is 6.04 Å². The highest BCUT2D eigenvalue weighted by molar-refractivity contribution is 7.89. The van der Waals surface area contributed by atoms with Gasteiger partial charge in [0.2, 0.25) is 10.0 Å². The van der Waals surface area contributed by atoms with E-state index in [2.05, 4.69) is 10.0 Å². The maximum Gasteiger partial charge on any atom is 0.240 e. The third-order valence-electron chi connectivity index (χ3n) is 3.73. The molecular formula is C14H22N2O2S. The molecule has 0 amide bonds. The van der Waals surface area contributed by atoms with Crippen molar-refractivity contribution in [2.45, 2.75) is 37.6 Å². The van der Waals surface area contributed by atoms with Crippen molar-refractivity contribution in [3.8, 4) is 0 Å². The minimum absolute atomic E-state index is 0.0207. The zero-order valence-electron chi connectivity index (χ0n) is 11.5. The van der Waals surface area contributed by atoms with Crippen molar-refractivity contribution in [2.75, 3.05) is 13.1 Å². The van der Waals surface area contributed by atoms with E-state index in [0.717, 1.165) is 31.5 Å². The van der Waals surface area contributed by atoms with Gasteiger partial charge in [-0.3, -0.25) is 0 Å². The topological polar surface area (TPSA) is 58.2 Å². The van der Waals surface area contributed by atoms with Crippen LogP contribution in [0.15, 0.2) is 29.2 Å². The minimum atomic E-state index is -3.40. The van der Waals surface area contributed by atoms with Crippen LogP contribution in [0.4, 0.5) is 0 Å². The molecule has 1 aromatic rings. The Bertz CT molecular complexity index is 522. The van der Waals surface area contributed by atoms with E-state index in [1.165, 1.54) is 0 Å². The summed E-state index contributed by atoms with van der Waals surface area (Å²) in [6, 6.07) is 7.00. The van der Waals surface area contributed by atoms with Crippen LogP contribution >= 0.6 is 0 Å². The Kier molecular flexibility index (Phi) is 4.60. The van der Waals surface area contributed by atoms with E-state index >= 15 is 0 Å². The van der Waals surface area contributed by atoms with Gasteiger partial charge in [-0.25, -0.2) is 13.1 Å². The number of hydrogen-bond donors (Lipinski definition) is 2. The molecular weight excluding hydrogens is 260 g/mol. The molecule has 1 aromatic carbocycles. The molecule has 0 aromatic heterocycles. The van der Waals surface area contributed by atoms with Gasteiger partial charge in [-0.2, -0.15) is 0 Å². The maximum atomic E-state index is 12.3. The Morgan fingerprint density at radius 3 is 2.63 bits per heavy atom. The predicted octanol–water partition coefficient (Wildman–Crippen LogP) is 1.66. The second-order valence-corrected chi connectivity index (χ2v) is 7.03. The monoisotopic (exact) mass is 282 g/mol. The lowest BCUT2D eigenvalue weighted by Gasteiger charge is -2.28. The molecule has 1 atom stereocenters. The first-order valence-electron chi connectivity index (χ1n) is 6.79. The summed E-state index contributed by atoms with van der Waals surface area (Å²) >= 11 is 0.